The molecule has 2 aromatic rings. The summed E-state index contributed by atoms with van der Waals surface area (Å²) in [4.78, 5) is 14.8. The summed E-state index contributed by atoms with van der Waals surface area (Å²) < 4.78 is 5.29. The van der Waals surface area contributed by atoms with Gasteiger partial charge in [-0.3, -0.25) is 0 Å². The molecule has 15 heavy (non-hydrogen) atoms. The van der Waals surface area contributed by atoms with E-state index in [2.05, 4.69) is 11.6 Å². The van der Waals surface area contributed by atoms with Crippen LogP contribution in [0.5, 0.6) is 0 Å². The highest BCUT2D eigenvalue weighted by molar-refractivity contribution is 6.14. The Kier molecular flexibility index (Phi) is 2.04. The number of aromatic nitrogens is 1. The molecule has 0 radical (unpaired) electrons. The molecule has 0 atom stereocenters. The number of fused-ring (bicyclic) bond motifs is 1. The fourth-order valence-corrected chi connectivity index (χ4v) is 1.35. The van der Waals surface area contributed by atoms with Gasteiger partial charge in [0.15, 0.2) is 11.5 Å². The van der Waals surface area contributed by atoms with Gasteiger partial charge >= 0.3 is 5.97 Å². The summed E-state index contributed by atoms with van der Waals surface area (Å²) in [7, 11) is 0. The first-order chi connectivity index (χ1) is 7.08. The average Bonchev–Trinajstić information content (AvgIpc) is 2.55. The van der Waals surface area contributed by atoms with E-state index >= 15 is 0 Å². The molecule has 0 saturated carbocycles. The highest BCUT2D eigenvalue weighted by atomic mass is 16.4. The van der Waals surface area contributed by atoms with E-state index in [0.29, 0.717) is 17.0 Å². The standard InChI is InChI=1S/C11H9NO3/c1-6(11(13)14)8-3-4-9-10(5-8)15-7(2)12-9/h3-5H,1H2,2H3,(H,13,14). The van der Waals surface area contributed by atoms with Crippen molar-refractivity contribution in [1.29, 1.82) is 0 Å². The van der Waals surface area contributed by atoms with E-state index in [0.717, 1.165) is 5.52 Å². The van der Waals surface area contributed by atoms with Crippen LogP contribution in [0.3, 0.4) is 0 Å². The number of carboxylic acids is 1. The second-order valence-electron chi connectivity index (χ2n) is 3.20. The fraction of sp³-hybridized carbons (Fsp3) is 0.0909. The van der Waals surface area contributed by atoms with Gasteiger partial charge < -0.3 is 9.52 Å². The maximum absolute atomic E-state index is 10.7. The number of hydrogen-bond acceptors (Lipinski definition) is 3. The Morgan fingerprint density at radius 1 is 1.53 bits per heavy atom. The Hall–Kier alpha value is -2.10. The van der Waals surface area contributed by atoms with Crippen LogP contribution in [0.15, 0.2) is 29.2 Å². The van der Waals surface area contributed by atoms with Gasteiger partial charge in [-0.25, -0.2) is 9.78 Å². The summed E-state index contributed by atoms with van der Waals surface area (Å²) in [6.45, 7) is 5.22. The van der Waals surface area contributed by atoms with Crippen LogP contribution in [0.25, 0.3) is 16.7 Å². The van der Waals surface area contributed by atoms with Crippen molar-refractivity contribution in [2.45, 2.75) is 6.92 Å². The van der Waals surface area contributed by atoms with Gasteiger partial charge in [0, 0.05) is 6.92 Å². The fourth-order valence-electron chi connectivity index (χ4n) is 1.35. The lowest BCUT2D eigenvalue weighted by Crippen LogP contribution is -1.97. The number of carbonyl (C=O) groups is 1. The number of oxazole rings is 1. The molecule has 2 rings (SSSR count). The number of carboxylic acid groups (broad SMARTS) is 1. The van der Waals surface area contributed by atoms with Crippen molar-refractivity contribution in [1.82, 2.24) is 4.98 Å². The van der Waals surface area contributed by atoms with E-state index in [1.54, 1.807) is 25.1 Å². The molecule has 0 fully saturated rings. The van der Waals surface area contributed by atoms with Gasteiger partial charge in [-0.2, -0.15) is 0 Å². The first-order valence-corrected chi connectivity index (χ1v) is 4.37. The van der Waals surface area contributed by atoms with Crippen molar-refractivity contribution in [3.05, 3.63) is 36.2 Å². The number of rotatable bonds is 2. The zero-order valence-electron chi connectivity index (χ0n) is 8.15. The number of hydrogen-bond donors (Lipinski definition) is 1. The summed E-state index contributed by atoms with van der Waals surface area (Å²) in [6.07, 6.45) is 0. The SMILES string of the molecule is C=C(C(=O)O)c1ccc2nc(C)oc2c1. The van der Waals surface area contributed by atoms with Crippen LogP contribution < -0.4 is 0 Å². The normalized spacial score (nSPS) is 10.5. The van der Waals surface area contributed by atoms with Crippen LogP contribution in [0.1, 0.15) is 11.5 Å². The van der Waals surface area contributed by atoms with Gasteiger partial charge in [0.05, 0.1) is 5.57 Å². The Bertz CT molecular complexity index is 554. The van der Waals surface area contributed by atoms with Crippen LogP contribution in [0, 0.1) is 6.92 Å². The molecular formula is C11H9NO3. The zero-order valence-corrected chi connectivity index (χ0v) is 8.15. The number of benzene rings is 1. The van der Waals surface area contributed by atoms with Crippen LogP contribution in [-0.4, -0.2) is 16.1 Å². The van der Waals surface area contributed by atoms with Crippen molar-refractivity contribution in [3.63, 3.8) is 0 Å². The van der Waals surface area contributed by atoms with E-state index in [1.165, 1.54) is 0 Å². The van der Waals surface area contributed by atoms with E-state index in [9.17, 15) is 4.79 Å². The molecule has 4 heteroatoms. The molecule has 1 aromatic carbocycles. The molecule has 0 amide bonds. The summed E-state index contributed by atoms with van der Waals surface area (Å²) in [5.74, 6) is -0.478. The summed E-state index contributed by atoms with van der Waals surface area (Å²) in [5.41, 5.74) is 1.87. The molecule has 0 aliphatic carbocycles. The third-order valence-corrected chi connectivity index (χ3v) is 2.10. The Morgan fingerprint density at radius 2 is 2.27 bits per heavy atom. The van der Waals surface area contributed by atoms with Gasteiger partial charge in [0.2, 0.25) is 0 Å². The summed E-state index contributed by atoms with van der Waals surface area (Å²) >= 11 is 0. The topological polar surface area (TPSA) is 63.3 Å². The van der Waals surface area contributed by atoms with Crippen LogP contribution in [0.4, 0.5) is 0 Å². The van der Waals surface area contributed by atoms with Gasteiger partial charge in [-0.05, 0) is 17.7 Å². The predicted molar refractivity (Wildman–Crippen MR) is 55.4 cm³/mol. The van der Waals surface area contributed by atoms with Crippen molar-refractivity contribution >= 4 is 22.6 Å². The highest BCUT2D eigenvalue weighted by Crippen LogP contribution is 2.20. The Balaban J connectivity index is 2.55. The minimum atomic E-state index is -1.04. The van der Waals surface area contributed by atoms with E-state index in [1.807, 2.05) is 0 Å². The molecule has 1 N–H and O–H groups in total. The lowest BCUT2D eigenvalue weighted by molar-refractivity contribution is -0.130. The smallest absolute Gasteiger partial charge is 0.335 e. The molecule has 0 saturated heterocycles. The predicted octanol–water partition coefficient (Wildman–Crippen LogP) is 2.23. The first kappa shape index (κ1) is 9.45. The second kappa shape index (κ2) is 3.24. The molecule has 0 unspecified atom stereocenters. The van der Waals surface area contributed by atoms with Crippen molar-refractivity contribution < 1.29 is 14.3 Å². The maximum Gasteiger partial charge on any atom is 0.335 e. The summed E-state index contributed by atoms with van der Waals surface area (Å²) in [5, 5.41) is 8.77. The molecule has 1 aromatic heterocycles. The minimum Gasteiger partial charge on any atom is -0.478 e. The highest BCUT2D eigenvalue weighted by Gasteiger charge is 2.09. The van der Waals surface area contributed by atoms with Crippen molar-refractivity contribution in [2.24, 2.45) is 0 Å². The Morgan fingerprint density at radius 3 is 2.93 bits per heavy atom. The summed E-state index contributed by atoms with van der Waals surface area (Å²) in [6, 6.07) is 5.02. The van der Waals surface area contributed by atoms with Gasteiger partial charge in [-0.1, -0.05) is 12.6 Å². The lowest BCUT2D eigenvalue weighted by atomic mass is 10.1. The number of nitrogens with zero attached hydrogens (tertiary/aromatic N) is 1. The zero-order chi connectivity index (χ0) is 11.0. The van der Waals surface area contributed by atoms with Gasteiger partial charge in [-0.15, -0.1) is 0 Å². The van der Waals surface area contributed by atoms with Gasteiger partial charge in [0.25, 0.3) is 0 Å². The Labute approximate surface area is 85.9 Å². The average molecular weight is 203 g/mol. The molecule has 0 bridgehead atoms. The van der Waals surface area contributed by atoms with Crippen LogP contribution in [0.2, 0.25) is 0 Å². The number of aliphatic carboxylic acids is 1. The second-order valence-corrected chi connectivity index (χ2v) is 3.20. The van der Waals surface area contributed by atoms with E-state index < -0.39 is 5.97 Å². The largest absolute Gasteiger partial charge is 0.478 e. The molecule has 0 aliphatic rings. The lowest BCUT2D eigenvalue weighted by Gasteiger charge is -1.98. The van der Waals surface area contributed by atoms with Crippen LogP contribution >= 0.6 is 0 Å². The van der Waals surface area contributed by atoms with E-state index in [-0.39, 0.29) is 5.57 Å². The van der Waals surface area contributed by atoms with E-state index in [4.69, 9.17) is 9.52 Å². The third-order valence-electron chi connectivity index (χ3n) is 2.10. The minimum absolute atomic E-state index is 0.0472. The molecule has 1 heterocycles. The molecule has 0 spiro atoms. The number of aryl methyl sites for hydroxylation is 1. The third kappa shape index (κ3) is 1.61. The maximum atomic E-state index is 10.7. The first-order valence-electron chi connectivity index (χ1n) is 4.37. The molecular weight excluding hydrogens is 194 g/mol. The van der Waals surface area contributed by atoms with Crippen molar-refractivity contribution in [3.8, 4) is 0 Å². The molecule has 76 valence electrons. The quantitative estimate of drug-likeness (QED) is 0.760. The van der Waals surface area contributed by atoms with Crippen LogP contribution in [-0.2, 0) is 4.79 Å². The van der Waals surface area contributed by atoms with Gasteiger partial charge in [0.1, 0.15) is 5.52 Å². The van der Waals surface area contributed by atoms with Crippen molar-refractivity contribution in [2.75, 3.05) is 0 Å². The molecule has 0 aliphatic heterocycles. The molecule has 4 nitrogen and oxygen atoms in total. The monoisotopic (exact) mass is 203 g/mol.